The molecule has 3 aromatic rings. The summed E-state index contributed by atoms with van der Waals surface area (Å²) in [6.07, 6.45) is 1.56. The topological polar surface area (TPSA) is 83.1 Å². The summed E-state index contributed by atoms with van der Waals surface area (Å²) in [4.78, 5) is 27.4. The van der Waals surface area contributed by atoms with Gasteiger partial charge in [-0.2, -0.15) is 0 Å². The van der Waals surface area contributed by atoms with Crippen LogP contribution in [-0.4, -0.2) is 16.8 Å². The number of anilines is 3. The number of aromatic nitrogens is 1. The lowest BCUT2D eigenvalue weighted by Gasteiger charge is -2.09. The van der Waals surface area contributed by atoms with Crippen LogP contribution in [0.15, 0.2) is 66.9 Å². The van der Waals surface area contributed by atoms with Gasteiger partial charge >= 0.3 is 0 Å². The standard InChI is InChI=1S/C21H19FN4O2/c1-14(27)25-17-6-8-18(9-7-17)26-19-10-11-20(23-13-19)21(28)24-12-15-2-4-16(22)5-3-15/h2-11,13,26H,12H2,1H3,(H,24,28)(H,25,27). The van der Waals surface area contributed by atoms with Gasteiger partial charge in [0.25, 0.3) is 5.91 Å². The fourth-order valence-electron chi connectivity index (χ4n) is 2.48. The largest absolute Gasteiger partial charge is 0.354 e. The highest BCUT2D eigenvalue weighted by atomic mass is 19.1. The number of pyridine rings is 1. The highest BCUT2D eigenvalue weighted by Crippen LogP contribution is 2.18. The van der Waals surface area contributed by atoms with Crippen LogP contribution in [0.4, 0.5) is 21.5 Å². The van der Waals surface area contributed by atoms with Gasteiger partial charge in [-0.3, -0.25) is 9.59 Å². The molecule has 0 aliphatic rings. The van der Waals surface area contributed by atoms with Crippen molar-refractivity contribution >= 4 is 28.9 Å². The second kappa shape index (κ2) is 8.77. The Labute approximate surface area is 161 Å². The molecule has 0 aliphatic heterocycles. The number of carbonyl (C=O) groups is 2. The summed E-state index contributed by atoms with van der Waals surface area (Å²) < 4.78 is 12.9. The van der Waals surface area contributed by atoms with Gasteiger partial charge in [0.2, 0.25) is 5.91 Å². The van der Waals surface area contributed by atoms with Crippen LogP contribution >= 0.6 is 0 Å². The lowest BCUT2D eigenvalue weighted by molar-refractivity contribution is -0.114. The van der Waals surface area contributed by atoms with E-state index in [2.05, 4.69) is 20.9 Å². The Hall–Kier alpha value is -3.74. The van der Waals surface area contributed by atoms with Gasteiger partial charge in [0, 0.05) is 24.8 Å². The van der Waals surface area contributed by atoms with Gasteiger partial charge in [-0.15, -0.1) is 0 Å². The molecular weight excluding hydrogens is 359 g/mol. The minimum absolute atomic E-state index is 0.127. The number of carbonyl (C=O) groups excluding carboxylic acids is 2. The number of nitrogens with one attached hydrogen (secondary N) is 3. The number of nitrogens with zero attached hydrogens (tertiary/aromatic N) is 1. The van der Waals surface area contributed by atoms with Gasteiger partial charge in [-0.1, -0.05) is 12.1 Å². The number of hydrogen-bond donors (Lipinski definition) is 3. The molecule has 7 heteroatoms. The van der Waals surface area contributed by atoms with E-state index in [0.29, 0.717) is 12.2 Å². The van der Waals surface area contributed by atoms with Gasteiger partial charge in [0.1, 0.15) is 11.5 Å². The fraction of sp³-hybridized carbons (Fsp3) is 0.0952. The van der Waals surface area contributed by atoms with E-state index in [9.17, 15) is 14.0 Å². The van der Waals surface area contributed by atoms with Crippen LogP contribution in [0.2, 0.25) is 0 Å². The number of halogens is 1. The van der Waals surface area contributed by atoms with Crippen LogP contribution in [0.1, 0.15) is 23.0 Å². The Balaban J connectivity index is 1.55. The van der Waals surface area contributed by atoms with Crippen LogP contribution in [0.25, 0.3) is 0 Å². The van der Waals surface area contributed by atoms with Crippen molar-refractivity contribution in [2.45, 2.75) is 13.5 Å². The Morgan fingerprint density at radius 2 is 1.54 bits per heavy atom. The van der Waals surface area contributed by atoms with Crippen molar-refractivity contribution in [3.63, 3.8) is 0 Å². The molecule has 3 N–H and O–H groups in total. The Morgan fingerprint density at radius 3 is 2.14 bits per heavy atom. The first-order valence-electron chi connectivity index (χ1n) is 8.63. The number of hydrogen-bond acceptors (Lipinski definition) is 4. The highest BCUT2D eigenvalue weighted by Gasteiger charge is 2.07. The number of amides is 2. The molecule has 0 atom stereocenters. The average molecular weight is 378 g/mol. The average Bonchev–Trinajstić information content (AvgIpc) is 2.69. The Kier molecular flexibility index (Phi) is 5.96. The maximum Gasteiger partial charge on any atom is 0.270 e. The predicted octanol–water partition coefficient (Wildman–Crippen LogP) is 3.85. The molecule has 0 radical (unpaired) electrons. The summed E-state index contributed by atoms with van der Waals surface area (Å²) in [7, 11) is 0. The van der Waals surface area contributed by atoms with Crippen molar-refractivity contribution in [3.8, 4) is 0 Å². The maximum absolute atomic E-state index is 12.9. The van der Waals surface area contributed by atoms with E-state index in [1.165, 1.54) is 19.1 Å². The van der Waals surface area contributed by atoms with Gasteiger partial charge < -0.3 is 16.0 Å². The van der Waals surface area contributed by atoms with E-state index < -0.39 is 0 Å². The van der Waals surface area contributed by atoms with Crippen LogP contribution in [0.5, 0.6) is 0 Å². The molecule has 142 valence electrons. The lowest BCUT2D eigenvalue weighted by atomic mass is 10.2. The fourth-order valence-corrected chi connectivity index (χ4v) is 2.48. The molecule has 1 heterocycles. The van der Waals surface area contributed by atoms with Crippen molar-refractivity contribution in [2.24, 2.45) is 0 Å². The zero-order valence-corrected chi connectivity index (χ0v) is 15.2. The van der Waals surface area contributed by atoms with Crippen molar-refractivity contribution in [1.29, 1.82) is 0 Å². The number of rotatable bonds is 6. The second-order valence-corrected chi connectivity index (χ2v) is 6.12. The molecule has 2 aromatic carbocycles. The smallest absolute Gasteiger partial charge is 0.270 e. The minimum atomic E-state index is -0.315. The summed E-state index contributed by atoms with van der Waals surface area (Å²) in [5, 5.41) is 8.62. The monoisotopic (exact) mass is 378 g/mol. The Morgan fingerprint density at radius 1 is 0.893 bits per heavy atom. The summed E-state index contributed by atoms with van der Waals surface area (Å²) in [5.41, 5.74) is 3.35. The van der Waals surface area contributed by atoms with Crippen molar-refractivity contribution < 1.29 is 14.0 Å². The Bertz CT molecular complexity index is 955. The lowest BCUT2D eigenvalue weighted by Crippen LogP contribution is -2.23. The van der Waals surface area contributed by atoms with Gasteiger partial charge in [-0.25, -0.2) is 9.37 Å². The summed E-state index contributed by atoms with van der Waals surface area (Å²) in [6.45, 7) is 1.75. The molecule has 2 amide bonds. The third-order valence-corrected chi connectivity index (χ3v) is 3.86. The first-order chi connectivity index (χ1) is 13.5. The molecule has 0 aliphatic carbocycles. The molecule has 0 unspecified atom stereocenters. The SMILES string of the molecule is CC(=O)Nc1ccc(Nc2ccc(C(=O)NCc3ccc(F)cc3)nc2)cc1. The van der Waals surface area contributed by atoms with Crippen molar-refractivity contribution in [1.82, 2.24) is 10.3 Å². The molecule has 3 rings (SSSR count). The molecule has 0 spiro atoms. The molecule has 1 aromatic heterocycles. The molecule has 28 heavy (non-hydrogen) atoms. The quantitative estimate of drug-likeness (QED) is 0.608. The van der Waals surface area contributed by atoms with Crippen LogP contribution < -0.4 is 16.0 Å². The summed E-state index contributed by atoms with van der Waals surface area (Å²) >= 11 is 0. The molecule has 0 saturated heterocycles. The van der Waals surface area contributed by atoms with Crippen LogP contribution in [0.3, 0.4) is 0 Å². The zero-order chi connectivity index (χ0) is 19.9. The molecular formula is C21H19FN4O2. The molecule has 6 nitrogen and oxygen atoms in total. The van der Waals surface area contributed by atoms with Crippen molar-refractivity contribution in [2.75, 3.05) is 10.6 Å². The molecule has 0 saturated carbocycles. The van der Waals surface area contributed by atoms with E-state index in [1.54, 1.807) is 42.6 Å². The van der Waals surface area contributed by atoms with E-state index >= 15 is 0 Å². The third kappa shape index (κ3) is 5.38. The molecule has 0 fully saturated rings. The zero-order valence-electron chi connectivity index (χ0n) is 15.2. The number of benzene rings is 2. The van der Waals surface area contributed by atoms with Gasteiger partial charge in [0.05, 0.1) is 11.9 Å². The van der Waals surface area contributed by atoms with E-state index in [0.717, 1.165) is 16.9 Å². The van der Waals surface area contributed by atoms with Gasteiger partial charge in [-0.05, 0) is 54.1 Å². The first-order valence-corrected chi connectivity index (χ1v) is 8.63. The third-order valence-electron chi connectivity index (χ3n) is 3.86. The minimum Gasteiger partial charge on any atom is -0.354 e. The first kappa shape index (κ1) is 19.0. The molecule has 0 bridgehead atoms. The van der Waals surface area contributed by atoms with Crippen LogP contribution in [-0.2, 0) is 11.3 Å². The van der Waals surface area contributed by atoms with Gasteiger partial charge in [0.15, 0.2) is 0 Å². The highest BCUT2D eigenvalue weighted by molar-refractivity contribution is 5.92. The summed E-state index contributed by atoms with van der Waals surface area (Å²) in [5.74, 6) is -0.752. The second-order valence-electron chi connectivity index (χ2n) is 6.12. The maximum atomic E-state index is 12.9. The van der Waals surface area contributed by atoms with E-state index in [-0.39, 0.29) is 23.3 Å². The van der Waals surface area contributed by atoms with E-state index in [1.807, 2.05) is 12.1 Å². The van der Waals surface area contributed by atoms with E-state index in [4.69, 9.17) is 0 Å². The summed E-state index contributed by atoms with van der Waals surface area (Å²) in [6, 6.07) is 16.5. The predicted molar refractivity (Wildman–Crippen MR) is 106 cm³/mol. The van der Waals surface area contributed by atoms with Crippen LogP contribution in [0, 0.1) is 5.82 Å². The van der Waals surface area contributed by atoms with Crippen molar-refractivity contribution in [3.05, 3.63) is 83.9 Å². The normalized spacial score (nSPS) is 10.2.